The van der Waals surface area contributed by atoms with Crippen molar-refractivity contribution in [2.75, 3.05) is 0 Å². The standard InChI is InChI=1S/C19H17N3O4/c1-11(23)16(15(17(24)21-20)12-7-3-2-4-8-12)22-18(25)13-9-5-6-10-14(13)19(22)26/h2-10,15-16H,20H2,1H3,(H,21,24). The fourth-order valence-electron chi connectivity index (χ4n) is 3.25. The van der Waals surface area contributed by atoms with Crippen LogP contribution < -0.4 is 11.3 Å². The van der Waals surface area contributed by atoms with Crippen LogP contribution in [0.5, 0.6) is 0 Å². The monoisotopic (exact) mass is 351 g/mol. The van der Waals surface area contributed by atoms with Gasteiger partial charge >= 0.3 is 0 Å². The normalized spacial score (nSPS) is 15.4. The Bertz CT molecular complexity index is 860. The molecule has 2 aromatic rings. The molecular weight excluding hydrogens is 334 g/mol. The molecular formula is C19H17N3O4. The highest BCUT2D eigenvalue weighted by atomic mass is 16.2. The molecule has 3 N–H and O–H groups in total. The lowest BCUT2D eigenvalue weighted by Crippen LogP contribution is -2.52. The molecule has 0 bridgehead atoms. The van der Waals surface area contributed by atoms with Crippen molar-refractivity contribution in [1.82, 2.24) is 10.3 Å². The van der Waals surface area contributed by atoms with Crippen LogP contribution in [-0.2, 0) is 9.59 Å². The molecule has 2 atom stereocenters. The van der Waals surface area contributed by atoms with E-state index in [2.05, 4.69) is 0 Å². The third-order valence-electron chi connectivity index (χ3n) is 4.42. The van der Waals surface area contributed by atoms with Crippen LogP contribution in [0.2, 0.25) is 0 Å². The first-order chi connectivity index (χ1) is 12.5. The van der Waals surface area contributed by atoms with Crippen LogP contribution in [0.1, 0.15) is 39.1 Å². The van der Waals surface area contributed by atoms with E-state index in [-0.39, 0.29) is 11.1 Å². The second-order valence-corrected chi connectivity index (χ2v) is 5.98. The number of carbonyl (C=O) groups excluding carboxylic acids is 4. The first-order valence-electron chi connectivity index (χ1n) is 8.00. The largest absolute Gasteiger partial charge is 0.298 e. The zero-order chi connectivity index (χ0) is 18.8. The van der Waals surface area contributed by atoms with Crippen LogP contribution >= 0.6 is 0 Å². The number of imide groups is 1. The number of ketones is 1. The average molecular weight is 351 g/mol. The summed E-state index contributed by atoms with van der Waals surface area (Å²) in [5, 5.41) is 0. The van der Waals surface area contributed by atoms with Gasteiger partial charge in [-0.05, 0) is 24.6 Å². The van der Waals surface area contributed by atoms with Crippen molar-refractivity contribution in [2.24, 2.45) is 5.84 Å². The van der Waals surface area contributed by atoms with Gasteiger partial charge < -0.3 is 0 Å². The van der Waals surface area contributed by atoms with E-state index in [1.807, 2.05) is 5.43 Å². The van der Waals surface area contributed by atoms with Crippen LogP contribution in [0.3, 0.4) is 0 Å². The Morgan fingerprint density at radius 1 is 0.923 bits per heavy atom. The first kappa shape index (κ1) is 17.5. The molecule has 1 aliphatic heterocycles. The van der Waals surface area contributed by atoms with E-state index in [0.717, 1.165) is 4.90 Å². The van der Waals surface area contributed by atoms with Crippen molar-refractivity contribution in [2.45, 2.75) is 18.9 Å². The van der Waals surface area contributed by atoms with Crippen molar-refractivity contribution in [1.29, 1.82) is 0 Å². The lowest BCUT2D eigenvalue weighted by molar-refractivity contribution is -0.129. The zero-order valence-corrected chi connectivity index (χ0v) is 14.0. The topological polar surface area (TPSA) is 110 Å². The van der Waals surface area contributed by atoms with E-state index >= 15 is 0 Å². The predicted octanol–water partition coefficient (Wildman–Crippen LogP) is 1.01. The maximum atomic E-state index is 12.8. The quantitative estimate of drug-likeness (QED) is 0.362. The summed E-state index contributed by atoms with van der Waals surface area (Å²) >= 11 is 0. The lowest BCUT2D eigenvalue weighted by Gasteiger charge is -2.30. The fraction of sp³-hybridized carbons (Fsp3) is 0.158. The Morgan fingerprint density at radius 2 is 1.42 bits per heavy atom. The van der Waals surface area contributed by atoms with Crippen LogP contribution in [0.4, 0.5) is 0 Å². The molecule has 0 radical (unpaired) electrons. The van der Waals surface area contributed by atoms with Crippen LogP contribution in [0.25, 0.3) is 0 Å². The van der Waals surface area contributed by atoms with Gasteiger partial charge in [0, 0.05) is 0 Å². The number of hydrazine groups is 1. The lowest BCUT2D eigenvalue weighted by atomic mass is 9.87. The zero-order valence-electron chi connectivity index (χ0n) is 14.0. The number of carbonyl (C=O) groups is 4. The second-order valence-electron chi connectivity index (χ2n) is 5.98. The summed E-state index contributed by atoms with van der Waals surface area (Å²) in [6.07, 6.45) is 0. The highest BCUT2D eigenvalue weighted by Crippen LogP contribution is 2.31. The van der Waals surface area contributed by atoms with E-state index < -0.39 is 35.5 Å². The van der Waals surface area contributed by atoms with E-state index in [0.29, 0.717) is 5.56 Å². The highest BCUT2D eigenvalue weighted by molar-refractivity contribution is 6.23. The molecule has 0 saturated heterocycles. The molecule has 132 valence electrons. The minimum absolute atomic E-state index is 0.212. The third-order valence-corrected chi connectivity index (χ3v) is 4.42. The molecule has 26 heavy (non-hydrogen) atoms. The van der Waals surface area contributed by atoms with Gasteiger partial charge in [-0.1, -0.05) is 42.5 Å². The van der Waals surface area contributed by atoms with Crippen molar-refractivity contribution in [3.8, 4) is 0 Å². The van der Waals surface area contributed by atoms with Crippen LogP contribution in [0, 0.1) is 0 Å². The molecule has 3 rings (SSSR count). The number of nitrogens with two attached hydrogens (primary N) is 1. The number of amides is 3. The van der Waals surface area contributed by atoms with Gasteiger partial charge in [0.2, 0.25) is 5.91 Å². The minimum Gasteiger partial charge on any atom is -0.298 e. The number of nitrogens with one attached hydrogen (secondary N) is 1. The molecule has 3 amide bonds. The SMILES string of the molecule is CC(=O)C(C(C(=O)NN)c1ccccc1)N1C(=O)c2ccccc2C1=O. The number of benzene rings is 2. The third kappa shape index (κ3) is 2.78. The van der Waals surface area contributed by atoms with Gasteiger partial charge in [0.1, 0.15) is 6.04 Å². The number of hydrogen-bond acceptors (Lipinski definition) is 5. The van der Waals surface area contributed by atoms with Gasteiger partial charge in [0.05, 0.1) is 17.0 Å². The number of Topliss-reactive ketones (excluding diaryl/α,β-unsaturated/α-hetero) is 1. The number of fused-ring (bicyclic) bond motifs is 1. The van der Waals surface area contributed by atoms with Crippen molar-refractivity contribution < 1.29 is 19.2 Å². The first-order valence-corrected chi connectivity index (χ1v) is 8.00. The maximum absolute atomic E-state index is 12.8. The Morgan fingerprint density at radius 3 is 1.88 bits per heavy atom. The summed E-state index contributed by atoms with van der Waals surface area (Å²) in [5.41, 5.74) is 2.94. The summed E-state index contributed by atoms with van der Waals surface area (Å²) < 4.78 is 0. The molecule has 1 aliphatic rings. The van der Waals surface area contributed by atoms with E-state index in [1.54, 1.807) is 42.5 Å². The Labute approximate surface area is 149 Å². The summed E-state index contributed by atoms with van der Waals surface area (Å²) in [5.74, 6) is 1.84. The summed E-state index contributed by atoms with van der Waals surface area (Å²) in [6.45, 7) is 1.24. The molecule has 2 unspecified atom stereocenters. The summed E-state index contributed by atoms with van der Waals surface area (Å²) in [7, 11) is 0. The van der Waals surface area contributed by atoms with Gasteiger partial charge in [0.15, 0.2) is 5.78 Å². The maximum Gasteiger partial charge on any atom is 0.262 e. The van der Waals surface area contributed by atoms with Gasteiger partial charge in [-0.3, -0.25) is 29.5 Å². The molecule has 1 heterocycles. The van der Waals surface area contributed by atoms with Gasteiger partial charge in [-0.15, -0.1) is 0 Å². The molecule has 0 spiro atoms. The van der Waals surface area contributed by atoms with Crippen molar-refractivity contribution >= 4 is 23.5 Å². The second kappa shape index (κ2) is 6.89. The molecule has 7 nitrogen and oxygen atoms in total. The minimum atomic E-state index is -1.30. The Hall–Kier alpha value is -3.32. The molecule has 2 aromatic carbocycles. The molecule has 0 aliphatic carbocycles. The molecule has 7 heteroatoms. The summed E-state index contributed by atoms with van der Waals surface area (Å²) in [4.78, 5) is 51.3. The number of hydrogen-bond donors (Lipinski definition) is 2. The van der Waals surface area contributed by atoms with E-state index in [9.17, 15) is 19.2 Å². The summed E-state index contributed by atoms with van der Waals surface area (Å²) in [6, 6.07) is 13.5. The van der Waals surface area contributed by atoms with Crippen molar-refractivity contribution in [3.05, 3.63) is 71.3 Å². The van der Waals surface area contributed by atoms with Gasteiger partial charge in [0.25, 0.3) is 11.8 Å². The number of rotatable bonds is 5. The highest BCUT2D eigenvalue weighted by Gasteiger charge is 2.47. The van der Waals surface area contributed by atoms with Crippen molar-refractivity contribution in [3.63, 3.8) is 0 Å². The van der Waals surface area contributed by atoms with Gasteiger partial charge in [-0.25, -0.2) is 5.84 Å². The van der Waals surface area contributed by atoms with Crippen LogP contribution in [0.15, 0.2) is 54.6 Å². The number of nitrogens with zero attached hydrogens (tertiary/aromatic N) is 1. The molecule has 0 saturated carbocycles. The average Bonchev–Trinajstić information content (AvgIpc) is 2.91. The predicted molar refractivity (Wildman–Crippen MR) is 92.9 cm³/mol. The fourth-order valence-corrected chi connectivity index (χ4v) is 3.25. The Kier molecular flexibility index (Phi) is 4.64. The van der Waals surface area contributed by atoms with Crippen LogP contribution in [-0.4, -0.2) is 34.4 Å². The molecule has 0 aromatic heterocycles. The van der Waals surface area contributed by atoms with E-state index in [1.165, 1.54) is 19.1 Å². The smallest absolute Gasteiger partial charge is 0.262 e. The Balaban J connectivity index is 2.12. The van der Waals surface area contributed by atoms with Gasteiger partial charge in [-0.2, -0.15) is 0 Å². The van der Waals surface area contributed by atoms with E-state index in [4.69, 9.17) is 5.84 Å². The molecule has 0 fully saturated rings.